The van der Waals surface area contributed by atoms with Gasteiger partial charge in [0, 0.05) is 102 Å². The SMILES string of the molecule is CC[C@@H]1[C@@H]2CN(C(=O)[C@H](C(C)(C)C)NC(=O)O[C@@H]3CC4CC4[C@H]3CCCCCc3cc4ccc(OC5CC5)cc4nc3O2)[C@@H]1[C-]=O.C[C@@H]1[C@@H]2CN(C(=O)[C@H](C(C)(C)C)NC(=O)O[C@@H]3CC4CC4[C@H]3CCCCC(F)(F)c3nc4ccc(F)cc4nc3O2)[C@@H]1[C-]=O.C[C@@H]1[C@@H]2CN(C(=O)[C@H](C(C)(C)C)NC(=O)O[C@@H]3CC4CC4[C@H]3CCCCCc3cc4ccc(OC5CC5)cc4nc3O2)[C@@H]1[C-]=O.[V].[V].[V]. The van der Waals surface area contributed by atoms with Crippen LogP contribution in [0.25, 0.3) is 32.8 Å². The quantitative estimate of drug-likeness (QED) is 0.0941. The summed E-state index contributed by atoms with van der Waals surface area (Å²) >= 11 is 0. The van der Waals surface area contributed by atoms with Gasteiger partial charge in [-0.05, 0) is 251 Å². The standard InChI is InChI=1S/C37H48N3O6.C36H46N3O6.C32H38F3N4O5.3V/c1-5-26-30(20-41)40-19-32(26)45-34-22(15-21-11-12-25(18-29(21)38-34)44-24-13-14-24)9-7-6-8-10-27-28-16-23(28)17-31(27)46-36(43)39-33(35(40)42)37(2,3)4;1-20-29(19-40)39-18-31(20)44-33-22(14-21-10-11-25(17-28(21)37-33)43-24-12-13-24)8-6-5-7-9-26-27-15-23(27)16-30(26)45-35(42)38-32(34(39)41)36(2,3)4;1-16-23(15-40)39-14-25(16)43-28-26(36-21-9-8-18(33)13-22(21)37-28)32(34,35)10-6-5-7-19-20-11-17(20)12-24(19)44-30(42)38-27(29(39)41)31(2,3)4;;;/h11-12,15,18,23-24,26-28,30-33H,5-10,13-14,16-17,19H2,1-4H3,(H,39,43);10-11,14,17,20,23-24,26-27,29-32H,5-9,12-13,15-16,18H2,1-4H3,(H,38,42);8-9,13,16-17,19-20,23-25,27H,5-7,10-12,14H2,1-4H3,(H,38,42);;;/q3*-1;;;/t23?,26-,27+,28?,30+,31+,32-,33+;20-,23?,26+,27?,29+,30+,31-,32+;16-,17?,19+,20?,23+,24+,25-,27+;;;/m000.../s1. The first-order chi connectivity index (χ1) is 64.5. The van der Waals surface area contributed by atoms with E-state index >= 15 is 8.78 Å². The molecule has 8 saturated carbocycles. The molecule has 27 nitrogen and oxygen atoms in total. The summed E-state index contributed by atoms with van der Waals surface area (Å²) in [5.74, 6) is 0.0217. The van der Waals surface area contributed by atoms with Crippen molar-refractivity contribution in [2.45, 2.75) is 335 Å². The van der Waals surface area contributed by atoms with Crippen molar-refractivity contribution in [2.75, 3.05) is 19.6 Å². The van der Waals surface area contributed by atoms with Crippen LogP contribution >= 0.6 is 0 Å². The molecule has 6 amide bonds. The average molecular weight is 2020 g/mol. The first-order valence-electron chi connectivity index (χ1n) is 50.0. The smallest absolute Gasteiger partial charge is 0.408 e. The molecule has 11 fully saturated rings. The van der Waals surface area contributed by atoms with Crippen molar-refractivity contribution in [1.82, 2.24) is 50.6 Å². The monoisotopic (exact) mass is 2010 g/mol. The molecule has 3 N–H and O–H groups in total. The van der Waals surface area contributed by atoms with Gasteiger partial charge in [-0.25, -0.2) is 57.6 Å². The zero-order chi connectivity index (χ0) is 95.2. The number of carbonyl (C=O) groups is 6. The van der Waals surface area contributed by atoms with E-state index in [1.807, 2.05) is 85.9 Å². The van der Waals surface area contributed by atoms with Crippen LogP contribution in [0.2, 0.25) is 0 Å². The first kappa shape index (κ1) is 104. The van der Waals surface area contributed by atoms with Gasteiger partial charge in [0.1, 0.15) is 72.1 Å². The van der Waals surface area contributed by atoms with Crippen LogP contribution in [0.4, 0.5) is 27.6 Å². The van der Waals surface area contributed by atoms with Crippen LogP contribution in [-0.2, 0) is 117 Å². The molecule has 3 radical (unpaired) electrons. The molecule has 0 spiro atoms. The fourth-order valence-electron chi connectivity index (χ4n) is 23.4. The Kier molecular flexibility index (Phi) is 31.8. The molecular formula is C105H132F3N10O17V3-3. The number of benzene rings is 3. The molecule has 743 valence electrons. The van der Waals surface area contributed by atoms with E-state index in [9.17, 15) is 47.5 Å². The second kappa shape index (κ2) is 42.3. The van der Waals surface area contributed by atoms with Gasteiger partial charge in [0.05, 0.1) is 53.9 Å². The number of pyridine rings is 2. The molecule has 3 aromatic heterocycles. The number of aromatic nitrogens is 4. The Morgan fingerprint density at radius 1 is 0.420 bits per heavy atom. The summed E-state index contributed by atoms with van der Waals surface area (Å²) in [6, 6.07) is 14.5. The molecule has 6 bridgehead atoms. The first-order valence-corrected chi connectivity index (χ1v) is 50.0. The Labute approximate surface area is 842 Å². The molecule has 6 unspecified atom stereocenters. The third-order valence-corrected chi connectivity index (χ3v) is 31.7. The predicted octanol–water partition coefficient (Wildman–Crippen LogP) is 17.2. The fourth-order valence-corrected chi connectivity index (χ4v) is 23.4. The van der Waals surface area contributed by atoms with Crippen LogP contribution < -0.4 is 39.6 Å². The summed E-state index contributed by atoms with van der Waals surface area (Å²) in [5.41, 5.74) is 1.17. The van der Waals surface area contributed by atoms with Gasteiger partial charge in [-0.2, -0.15) is 8.78 Å². The number of hydrogen-bond acceptors (Lipinski definition) is 21. The van der Waals surface area contributed by atoms with E-state index in [0.29, 0.717) is 84.8 Å². The van der Waals surface area contributed by atoms with Gasteiger partial charge in [0.15, 0.2) is 5.69 Å². The van der Waals surface area contributed by atoms with Crippen molar-refractivity contribution in [3.63, 3.8) is 0 Å². The third-order valence-electron chi connectivity index (χ3n) is 31.7. The Bertz CT molecular complexity index is 5480. The van der Waals surface area contributed by atoms with E-state index in [1.54, 1.807) is 32.6 Å². The van der Waals surface area contributed by atoms with Gasteiger partial charge in [-0.3, -0.25) is 14.4 Å². The molecule has 6 aliphatic heterocycles. The largest absolute Gasteiger partial charge is 0.540 e. The van der Waals surface area contributed by atoms with Crippen LogP contribution in [0.15, 0.2) is 66.7 Å². The summed E-state index contributed by atoms with van der Waals surface area (Å²) in [6.45, 7) is 22.7. The maximum Gasteiger partial charge on any atom is 0.408 e. The number of carbonyl (C=O) groups excluding carboxylic acids is 9. The van der Waals surface area contributed by atoms with Crippen molar-refractivity contribution in [2.24, 2.45) is 87.3 Å². The van der Waals surface area contributed by atoms with Gasteiger partial charge >= 0.3 is 18.3 Å². The van der Waals surface area contributed by atoms with Crippen LogP contribution in [-0.4, -0.2) is 194 Å². The number of hydrogen-bond donors (Lipinski definition) is 3. The van der Waals surface area contributed by atoms with E-state index in [4.69, 9.17) is 47.9 Å². The molecule has 20 rings (SSSR count). The number of fused-ring (bicyclic) bond motifs is 21. The van der Waals surface area contributed by atoms with Gasteiger partial charge in [-0.1, -0.05) is 140 Å². The molecular weight excluding hydrogens is 1880 g/mol. The van der Waals surface area contributed by atoms with Crippen molar-refractivity contribution >= 4 is 87.7 Å². The summed E-state index contributed by atoms with van der Waals surface area (Å²) in [6.07, 6.45) is 24.2. The predicted molar refractivity (Wildman–Crippen MR) is 495 cm³/mol. The van der Waals surface area contributed by atoms with E-state index in [0.717, 1.165) is 166 Å². The topological polar surface area (TPSA) is 325 Å². The second-order valence-corrected chi connectivity index (χ2v) is 44.7. The minimum atomic E-state index is -3.42. The van der Waals surface area contributed by atoms with Crippen molar-refractivity contribution in [1.29, 1.82) is 0 Å². The average Bonchev–Trinajstić information content (AvgIpc) is 1.61. The van der Waals surface area contributed by atoms with Gasteiger partial charge in [-0.15, -0.1) is 0 Å². The number of aryl methyl sites for hydroxylation is 2. The number of alkyl carbamates (subject to hydrolysis) is 3. The van der Waals surface area contributed by atoms with Crippen molar-refractivity contribution in [3.05, 3.63) is 89.4 Å². The molecule has 24 atom stereocenters. The number of nitrogens with zero attached hydrogens (tertiary/aromatic N) is 7. The molecule has 14 aliphatic rings. The van der Waals surface area contributed by atoms with Gasteiger partial charge in [0.2, 0.25) is 35.4 Å². The second-order valence-electron chi connectivity index (χ2n) is 44.7. The van der Waals surface area contributed by atoms with Crippen LogP contribution in [0.5, 0.6) is 29.1 Å². The van der Waals surface area contributed by atoms with Crippen LogP contribution in [0.1, 0.15) is 248 Å². The summed E-state index contributed by atoms with van der Waals surface area (Å²) in [7, 11) is 0. The molecule has 138 heavy (non-hydrogen) atoms. The van der Waals surface area contributed by atoms with Gasteiger partial charge < -0.3 is 82.9 Å². The Balaban J connectivity index is 0.000000155. The van der Waals surface area contributed by atoms with Crippen molar-refractivity contribution < 1.29 is 150 Å². The zero-order valence-corrected chi connectivity index (χ0v) is 85.4. The van der Waals surface area contributed by atoms with E-state index < -0.39 is 131 Å². The minimum Gasteiger partial charge on any atom is -0.540 e. The van der Waals surface area contributed by atoms with Gasteiger partial charge in [0.25, 0.3) is 5.92 Å². The number of alkyl halides is 2. The number of amides is 6. The normalized spacial score (nSPS) is 33.1. The molecule has 9 heterocycles. The third kappa shape index (κ3) is 22.9. The van der Waals surface area contributed by atoms with E-state index in [1.165, 1.54) is 28.7 Å². The number of ether oxygens (including phenoxy) is 8. The molecule has 33 heteroatoms. The fraction of sp³-hybridized carbons (Fsp3) is 0.667. The summed E-state index contributed by atoms with van der Waals surface area (Å²) < 4.78 is 95.4. The van der Waals surface area contributed by atoms with Crippen LogP contribution in [0, 0.1) is 93.1 Å². The van der Waals surface area contributed by atoms with Crippen molar-refractivity contribution in [3.8, 4) is 29.1 Å². The Hall–Kier alpha value is -8.41. The Morgan fingerprint density at radius 3 is 1.20 bits per heavy atom. The van der Waals surface area contributed by atoms with E-state index in [2.05, 4.69) is 62.8 Å². The Morgan fingerprint density at radius 2 is 0.804 bits per heavy atom. The maximum atomic E-state index is 15.9. The van der Waals surface area contributed by atoms with Crippen LogP contribution in [0.3, 0.4) is 0 Å². The summed E-state index contributed by atoms with van der Waals surface area (Å²) in [4.78, 5) is 142. The van der Waals surface area contributed by atoms with E-state index in [-0.39, 0.29) is 153 Å². The molecule has 3 saturated heterocycles. The number of rotatable bonds is 8. The molecule has 6 aromatic rings. The molecule has 3 aromatic carbocycles. The number of nitrogens with one attached hydrogen (secondary N) is 3. The minimum absolute atomic E-state index is 0. The number of halogens is 3. The maximum absolute atomic E-state index is 15.9. The summed E-state index contributed by atoms with van der Waals surface area (Å²) in [5, 5.41) is 10.7. The zero-order valence-electron chi connectivity index (χ0n) is 81.2. The molecule has 8 aliphatic carbocycles.